The first-order chi connectivity index (χ1) is 10.1. The topological polar surface area (TPSA) is 59.6 Å². The standard InChI is InChI=1S/C16H24N2O3/c1-12(2)18-16(19)10-17-14-7-3-4-8-15(14)21-11-13-6-5-9-20-13/h3-4,7-8,12-13,17H,5-6,9-11H2,1-2H3,(H,18,19). The highest BCUT2D eigenvalue weighted by Gasteiger charge is 2.16. The Morgan fingerprint density at radius 3 is 2.95 bits per heavy atom. The Balaban J connectivity index is 1.85. The van der Waals surface area contributed by atoms with Gasteiger partial charge in [-0.25, -0.2) is 0 Å². The fourth-order valence-corrected chi connectivity index (χ4v) is 2.25. The van der Waals surface area contributed by atoms with Crippen molar-refractivity contribution < 1.29 is 14.3 Å². The molecule has 1 unspecified atom stereocenters. The first-order valence-corrected chi connectivity index (χ1v) is 7.52. The average molecular weight is 292 g/mol. The van der Waals surface area contributed by atoms with Crippen LogP contribution in [0.15, 0.2) is 24.3 Å². The van der Waals surface area contributed by atoms with Crippen molar-refractivity contribution in [3.63, 3.8) is 0 Å². The molecule has 0 aliphatic carbocycles. The van der Waals surface area contributed by atoms with Gasteiger partial charge in [-0.1, -0.05) is 12.1 Å². The van der Waals surface area contributed by atoms with Crippen molar-refractivity contribution in [3.8, 4) is 5.75 Å². The van der Waals surface area contributed by atoms with E-state index in [1.165, 1.54) is 0 Å². The van der Waals surface area contributed by atoms with Gasteiger partial charge in [-0.15, -0.1) is 0 Å². The lowest BCUT2D eigenvalue weighted by Crippen LogP contribution is -2.34. The van der Waals surface area contributed by atoms with Crippen LogP contribution in [-0.2, 0) is 9.53 Å². The molecule has 5 heteroatoms. The number of rotatable bonds is 7. The highest BCUT2D eigenvalue weighted by molar-refractivity contribution is 5.81. The second kappa shape index (κ2) is 7.88. The van der Waals surface area contributed by atoms with E-state index in [9.17, 15) is 4.79 Å². The van der Waals surface area contributed by atoms with Gasteiger partial charge < -0.3 is 20.1 Å². The van der Waals surface area contributed by atoms with E-state index in [4.69, 9.17) is 9.47 Å². The molecule has 0 radical (unpaired) electrons. The summed E-state index contributed by atoms with van der Waals surface area (Å²) >= 11 is 0. The maximum atomic E-state index is 11.7. The third-order valence-corrected chi connectivity index (χ3v) is 3.22. The number of anilines is 1. The molecule has 0 saturated carbocycles. The van der Waals surface area contributed by atoms with Gasteiger partial charge in [-0.05, 0) is 38.8 Å². The van der Waals surface area contributed by atoms with Gasteiger partial charge in [-0.2, -0.15) is 0 Å². The molecule has 2 rings (SSSR count). The summed E-state index contributed by atoms with van der Waals surface area (Å²) in [5.41, 5.74) is 0.828. The van der Waals surface area contributed by atoms with Crippen LogP contribution in [-0.4, -0.2) is 37.8 Å². The van der Waals surface area contributed by atoms with Gasteiger partial charge in [0.15, 0.2) is 0 Å². The van der Waals surface area contributed by atoms with Crippen molar-refractivity contribution in [2.75, 3.05) is 25.1 Å². The van der Waals surface area contributed by atoms with Gasteiger partial charge in [0.1, 0.15) is 12.4 Å². The van der Waals surface area contributed by atoms with E-state index < -0.39 is 0 Å². The lowest BCUT2D eigenvalue weighted by atomic mass is 10.2. The van der Waals surface area contributed by atoms with Crippen LogP contribution in [0.2, 0.25) is 0 Å². The third kappa shape index (κ3) is 5.27. The van der Waals surface area contributed by atoms with Crippen molar-refractivity contribution in [3.05, 3.63) is 24.3 Å². The summed E-state index contributed by atoms with van der Waals surface area (Å²) in [6, 6.07) is 7.79. The Bertz CT molecular complexity index is 457. The molecule has 1 amide bonds. The summed E-state index contributed by atoms with van der Waals surface area (Å²) in [6.45, 7) is 5.49. The number of hydrogen-bond acceptors (Lipinski definition) is 4. The molecule has 116 valence electrons. The van der Waals surface area contributed by atoms with Crippen molar-refractivity contribution in [2.45, 2.75) is 38.8 Å². The number of carbonyl (C=O) groups excluding carboxylic acids is 1. The van der Waals surface area contributed by atoms with Gasteiger partial charge in [0.2, 0.25) is 5.91 Å². The van der Waals surface area contributed by atoms with Crippen LogP contribution in [0.1, 0.15) is 26.7 Å². The molecule has 0 spiro atoms. The number of carbonyl (C=O) groups is 1. The van der Waals surface area contributed by atoms with Crippen molar-refractivity contribution in [2.24, 2.45) is 0 Å². The number of benzene rings is 1. The summed E-state index contributed by atoms with van der Waals surface area (Å²) in [4.78, 5) is 11.7. The van der Waals surface area contributed by atoms with Crippen LogP contribution in [0.5, 0.6) is 5.75 Å². The maximum absolute atomic E-state index is 11.7. The lowest BCUT2D eigenvalue weighted by Gasteiger charge is -2.16. The maximum Gasteiger partial charge on any atom is 0.239 e. The third-order valence-electron chi connectivity index (χ3n) is 3.22. The van der Waals surface area contributed by atoms with Gasteiger partial charge in [-0.3, -0.25) is 4.79 Å². The van der Waals surface area contributed by atoms with E-state index >= 15 is 0 Å². The second-order valence-electron chi connectivity index (χ2n) is 5.52. The zero-order valence-electron chi connectivity index (χ0n) is 12.7. The molecule has 1 aromatic carbocycles. The Labute approximate surface area is 126 Å². The van der Waals surface area contributed by atoms with Crippen LogP contribution >= 0.6 is 0 Å². The molecular weight excluding hydrogens is 268 g/mol. The number of hydrogen-bond donors (Lipinski definition) is 2. The first-order valence-electron chi connectivity index (χ1n) is 7.52. The van der Waals surface area contributed by atoms with E-state index in [2.05, 4.69) is 10.6 Å². The second-order valence-corrected chi connectivity index (χ2v) is 5.52. The Kier molecular flexibility index (Phi) is 5.87. The fourth-order valence-electron chi connectivity index (χ4n) is 2.25. The predicted octanol–water partition coefficient (Wildman–Crippen LogP) is 2.18. The number of ether oxygens (including phenoxy) is 2. The minimum Gasteiger partial charge on any atom is -0.489 e. The molecule has 1 aromatic rings. The molecule has 0 aromatic heterocycles. The molecule has 2 N–H and O–H groups in total. The molecular formula is C16H24N2O3. The number of nitrogens with one attached hydrogen (secondary N) is 2. The molecule has 1 saturated heterocycles. The number of para-hydroxylation sites is 2. The molecule has 1 atom stereocenters. The molecule has 1 aliphatic rings. The molecule has 5 nitrogen and oxygen atoms in total. The van der Waals surface area contributed by atoms with Crippen LogP contribution in [0.4, 0.5) is 5.69 Å². The van der Waals surface area contributed by atoms with Crippen molar-refractivity contribution in [1.82, 2.24) is 5.32 Å². The van der Waals surface area contributed by atoms with Crippen LogP contribution in [0, 0.1) is 0 Å². The zero-order chi connectivity index (χ0) is 15.1. The quantitative estimate of drug-likeness (QED) is 0.808. The van der Waals surface area contributed by atoms with E-state index in [1.54, 1.807) is 0 Å². The van der Waals surface area contributed by atoms with Crippen LogP contribution in [0.3, 0.4) is 0 Å². The summed E-state index contributed by atoms with van der Waals surface area (Å²) in [5, 5.41) is 5.96. The van der Waals surface area contributed by atoms with Crippen LogP contribution < -0.4 is 15.4 Å². The molecule has 1 fully saturated rings. The first kappa shape index (κ1) is 15.6. The van der Waals surface area contributed by atoms with E-state index in [0.29, 0.717) is 6.61 Å². The van der Waals surface area contributed by atoms with E-state index in [-0.39, 0.29) is 24.6 Å². The van der Waals surface area contributed by atoms with Gasteiger partial charge in [0, 0.05) is 12.6 Å². The molecule has 0 bridgehead atoms. The van der Waals surface area contributed by atoms with Gasteiger partial charge in [0.25, 0.3) is 0 Å². The highest BCUT2D eigenvalue weighted by Crippen LogP contribution is 2.24. The Hall–Kier alpha value is -1.75. The fraction of sp³-hybridized carbons (Fsp3) is 0.562. The number of amides is 1. The minimum atomic E-state index is -0.0288. The lowest BCUT2D eigenvalue weighted by molar-refractivity contribution is -0.119. The summed E-state index contributed by atoms with van der Waals surface area (Å²) in [5.74, 6) is 0.726. The van der Waals surface area contributed by atoms with Gasteiger partial charge >= 0.3 is 0 Å². The normalized spacial score (nSPS) is 17.8. The SMILES string of the molecule is CC(C)NC(=O)CNc1ccccc1OCC1CCCO1. The Morgan fingerprint density at radius 2 is 2.24 bits per heavy atom. The monoisotopic (exact) mass is 292 g/mol. The largest absolute Gasteiger partial charge is 0.489 e. The van der Waals surface area contributed by atoms with E-state index in [1.807, 2.05) is 38.1 Å². The van der Waals surface area contributed by atoms with E-state index in [0.717, 1.165) is 30.9 Å². The summed E-state index contributed by atoms with van der Waals surface area (Å²) in [7, 11) is 0. The average Bonchev–Trinajstić information content (AvgIpc) is 2.96. The van der Waals surface area contributed by atoms with Crippen LogP contribution in [0.25, 0.3) is 0 Å². The Morgan fingerprint density at radius 1 is 1.43 bits per heavy atom. The smallest absolute Gasteiger partial charge is 0.239 e. The van der Waals surface area contributed by atoms with Crippen molar-refractivity contribution in [1.29, 1.82) is 0 Å². The molecule has 21 heavy (non-hydrogen) atoms. The predicted molar refractivity (Wildman–Crippen MR) is 82.7 cm³/mol. The van der Waals surface area contributed by atoms with Crippen molar-refractivity contribution >= 4 is 11.6 Å². The minimum absolute atomic E-state index is 0.0288. The summed E-state index contributed by atoms with van der Waals surface area (Å²) in [6.07, 6.45) is 2.33. The summed E-state index contributed by atoms with van der Waals surface area (Å²) < 4.78 is 11.4. The molecule has 1 aliphatic heterocycles. The van der Waals surface area contributed by atoms with Gasteiger partial charge in [0.05, 0.1) is 18.3 Å². The molecule has 1 heterocycles. The highest BCUT2D eigenvalue weighted by atomic mass is 16.5. The zero-order valence-corrected chi connectivity index (χ0v) is 12.7.